The van der Waals surface area contributed by atoms with Gasteiger partial charge in [-0.15, -0.1) is 0 Å². The van der Waals surface area contributed by atoms with Crippen LogP contribution in [0.2, 0.25) is 0 Å². The predicted molar refractivity (Wildman–Crippen MR) is 66.7 cm³/mol. The lowest BCUT2D eigenvalue weighted by Gasteiger charge is -2.48. The van der Waals surface area contributed by atoms with Crippen molar-refractivity contribution in [2.45, 2.75) is 19.4 Å². The second-order valence-electron chi connectivity index (χ2n) is 4.32. The summed E-state index contributed by atoms with van der Waals surface area (Å²) in [5.74, 6) is 0.985. The van der Waals surface area contributed by atoms with Gasteiger partial charge in [-0.05, 0) is 28.5 Å². The van der Waals surface area contributed by atoms with Crippen LogP contribution >= 0.6 is 22.6 Å². The van der Waals surface area contributed by atoms with Crippen molar-refractivity contribution in [3.05, 3.63) is 16.0 Å². The van der Waals surface area contributed by atoms with Gasteiger partial charge in [0.15, 0.2) is 0 Å². The monoisotopic (exact) mass is 319 g/mol. The molecule has 0 unspecified atom stereocenters. The van der Waals surface area contributed by atoms with Crippen LogP contribution in [0.1, 0.15) is 13.8 Å². The molecule has 1 N–H and O–H groups in total. The summed E-state index contributed by atoms with van der Waals surface area (Å²) < 4.78 is 1.02. The van der Waals surface area contributed by atoms with Crippen LogP contribution in [-0.4, -0.2) is 33.8 Å². The Morgan fingerprint density at radius 3 is 2.40 bits per heavy atom. The highest BCUT2D eigenvalue weighted by Crippen LogP contribution is 2.30. The average molecular weight is 319 g/mol. The van der Waals surface area contributed by atoms with Gasteiger partial charge in [0.1, 0.15) is 5.60 Å². The first-order valence-corrected chi connectivity index (χ1v) is 6.04. The number of nitrogens with zero attached hydrogens (tertiary/aromatic N) is 3. The number of hydrogen-bond donors (Lipinski definition) is 1. The third-order valence-corrected chi connectivity index (χ3v) is 3.45. The number of halogens is 1. The number of rotatable bonds is 2. The molecule has 1 aromatic rings. The number of anilines is 1. The zero-order chi connectivity index (χ0) is 11.1. The van der Waals surface area contributed by atoms with E-state index >= 15 is 0 Å². The van der Waals surface area contributed by atoms with Gasteiger partial charge in [-0.3, -0.25) is 0 Å². The van der Waals surface area contributed by atoms with Crippen molar-refractivity contribution >= 4 is 28.5 Å². The normalized spacial score (nSPS) is 19.1. The van der Waals surface area contributed by atoms with Crippen molar-refractivity contribution in [3.63, 3.8) is 0 Å². The highest BCUT2D eigenvalue weighted by Gasteiger charge is 2.44. The summed E-state index contributed by atoms with van der Waals surface area (Å²) in [7, 11) is 0. The van der Waals surface area contributed by atoms with Crippen LogP contribution in [-0.2, 0) is 0 Å². The third kappa shape index (κ3) is 2.08. The van der Waals surface area contributed by atoms with E-state index < -0.39 is 5.60 Å². The van der Waals surface area contributed by atoms with E-state index in [1.54, 1.807) is 12.4 Å². The van der Waals surface area contributed by atoms with Crippen molar-refractivity contribution < 1.29 is 5.11 Å². The van der Waals surface area contributed by atoms with Crippen LogP contribution in [0.25, 0.3) is 0 Å². The minimum atomic E-state index is -0.563. The van der Waals surface area contributed by atoms with Crippen LogP contribution < -0.4 is 4.90 Å². The maximum Gasteiger partial charge on any atom is 0.225 e. The van der Waals surface area contributed by atoms with Gasteiger partial charge in [0.05, 0.1) is 13.1 Å². The van der Waals surface area contributed by atoms with Crippen molar-refractivity contribution in [1.29, 1.82) is 0 Å². The molecular weight excluding hydrogens is 305 g/mol. The Bertz CT molecular complexity index is 346. The summed E-state index contributed by atoms with van der Waals surface area (Å²) >= 11 is 2.17. The van der Waals surface area contributed by atoms with E-state index in [4.69, 9.17) is 0 Å². The van der Waals surface area contributed by atoms with Gasteiger partial charge < -0.3 is 10.0 Å². The number of β-amino-alcohol motifs (C(OH)–C–C–N with tert-alkyl or cyclic N) is 1. The number of hydrogen-bond acceptors (Lipinski definition) is 4. The first kappa shape index (κ1) is 11.1. The summed E-state index contributed by atoms with van der Waals surface area (Å²) in [6.45, 7) is 5.33. The maximum atomic E-state index is 10.1. The van der Waals surface area contributed by atoms with Gasteiger partial charge in [0.2, 0.25) is 5.95 Å². The van der Waals surface area contributed by atoms with Gasteiger partial charge in [-0.1, -0.05) is 13.8 Å². The van der Waals surface area contributed by atoms with Crippen LogP contribution in [0.5, 0.6) is 0 Å². The molecule has 2 rings (SSSR count). The first-order valence-electron chi connectivity index (χ1n) is 4.96. The molecule has 0 aromatic carbocycles. The van der Waals surface area contributed by atoms with Crippen LogP contribution in [0.4, 0.5) is 5.95 Å². The maximum absolute atomic E-state index is 10.1. The molecule has 0 atom stereocenters. The topological polar surface area (TPSA) is 49.2 Å². The highest BCUT2D eigenvalue weighted by molar-refractivity contribution is 14.1. The molecule has 0 bridgehead atoms. The number of aliphatic hydroxyl groups is 1. The Kier molecular flexibility index (Phi) is 2.85. The average Bonchev–Trinajstić information content (AvgIpc) is 2.14. The Balaban J connectivity index is 2.03. The second-order valence-corrected chi connectivity index (χ2v) is 5.56. The second kappa shape index (κ2) is 3.86. The molecule has 15 heavy (non-hydrogen) atoms. The van der Waals surface area contributed by atoms with E-state index in [1.807, 2.05) is 18.7 Å². The van der Waals surface area contributed by atoms with E-state index in [0.717, 1.165) is 3.57 Å². The standard InChI is InChI=1S/C10H14IN3O/c1-7(2)10(15)5-14(6-10)9-12-3-8(11)4-13-9/h3-4,7,15H,5-6H2,1-2H3. The van der Waals surface area contributed by atoms with Gasteiger partial charge in [-0.25, -0.2) is 9.97 Å². The number of aromatic nitrogens is 2. The lowest BCUT2D eigenvalue weighted by atomic mass is 9.83. The Labute approximate surface area is 103 Å². The predicted octanol–water partition coefficient (Wildman–Crippen LogP) is 1.29. The van der Waals surface area contributed by atoms with Crippen LogP contribution in [0.15, 0.2) is 12.4 Å². The van der Waals surface area contributed by atoms with Gasteiger partial charge in [-0.2, -0.15) is 0 Å². The van der Waals surface area contributed by atoms with Crippen LogP contribution in [0, 0.1) is 9.49 Å². The van der Waals surface area contributed by atoms with Crippen LogP contribution in [0.3, 0.4) is 0 Å². The van der Waals surface area contributed by atoms with Crippen molar-refractivity contribution in [3.8, 4) is 0 Å². The molecule has 2 heterocycles. The van der Waals surface area contributed by atoms with E-state index in [0.29, 0.717) is 19.0 Å². The van der Waals surface area contributed by atoms with E-state index in [9.17, 15) is 5.11 Å². The van der Waals surface area contributed by atoms with Crippen molar-refractivity contribution in [2.24, 2.45) is 5.92 Å². The first-order chi connectivity index (χ1) is 7.01. The van der Waals surface area contributed by atoms with E-state index in [2.05, 4.69) is 32.6 Å². The molecule has 1 aliphatic rings. The molecule has 1 aromatic heterocycles. The lowest BCUT2D eigenvalue weighted by molar-refractivity contribution is -0.0308. The highest BCUT2D eigenvalue weighted by atomic mass is 127. The summed E-state index contributed by atoms with van der Waals surface area (Å²) in [6, 6.07) is 0. The smallest absolute Gasteiger partial charge is 0.225 e. The molecule has 0 amide bonds. The molecule has 0 spiro atoms. The fourth-order valence-corrected chi connectivity index (χ4v) is 1.87. The molecule has 0 saturated carbocycles. The molecule has 1 aliphatic heterocycles. The summed E-state index contributed by atoms with van der Waals surface area (Å²) in [5.41, 5.74) is -0.563. The Hall–Kier alpha value is -0.430. The van der Waals surface area contributed by atoms with E-state index in [1.165, 1.54) is 0 Å². The molecule has 0 radical (unpaired) electrons. The largest absolute Gasteiger partial charge is 0.386 e. The van der Waals surface area contributed by atoms with Gasteiger partial charge >= 0.3 is 0 Å². The molecule has 1 fully saturated rings. The molecule has 1 saturated heterocycles. The minimum absolute atomic E-state index is 0.276. The Morgan fingerprint density at radius 1 is 1.40 bits per heavy atom. The molecule has 82 valence electrons. The van der Waals surface area contributed by atoms with Gasteiger partial charge in [0, 0.05) is 16.0 Å². The van der Waals surface area contributed by atoms with Crippen molar-refractivity contribution in [2.75, 3.05) is 18.0 Å². The van der Waals surface area contributed by atoms with Gasteiger partial charge in [0.25, 0.3) is 0 Å². The summed E-state index contributed by atoms with van der Waals surface area (Å²) in [5, 5.41) is 10.1. The third-order valence-electron chi connectivity index (χ3n) is 2.89. The van der Waals surface area contributed by atoms with E-state index in [-0.39, 0.29) is 5.92 Å². The fourth-order valence-electron chi connectivity index (χ4n) is 1.59. The zero-order valence-corrected chi connectivity index (χ0v) is 11.0. The Morgan fingerprint density at radius 2 is 1.93 bits per heavy atom. The summed E-state index contributed by atoms with van der Waals surface area (Å²) in [6.07, 6.45) is 3.57. The molecule has 5 heteroatoms. The van der Waals surface area contributed by atoms with Crippen molar-refractivity contribution in [1.82, 2.24) is 9.97 Å². The minimum Gasteiger partial charge on any atom is -0.386 e. The molecule has 4 nitrogen and oxygen atoms in total. The fraction of sp³-hybridized carbons (Fsp3) is 0.600. The molecular formula is C10H14IN3O. The zero-order valence-electron chi connectivity index (χ0n) is 8.81. The summed E-state index contributed by atoms with van der Waals surface area (Å²) in [4.78, 5) is 10.4. The quantitative estimate of drug-likeness (QED) is 0.835. The lowest BCUT2D eigenvalue weighted by Crippen LogP contribution is -2.65. The molecule has 0 aliphatic carbocycles. The SMILES string of the molecule is CC(C)C1(O)CN(c2ncc(I)cn2)C1.